The Morgan fingerprint density at radius 2 is 1.71 bits per heavy atom. The molecule has 5 nitrogen and oxygen atoms in total. The molecule has 122 valence electrons. The molecule has 1 aromatic heterocycles. The number of rotatable bonds is 3. The van der Waals surface area contributed by atoms with Crippen molar-refractivity contribution in [1.82, 2.24) is 4.98 Å². The fourth-order valence-corrected chi connectivity index (χ4v) is 2.96. The van der Waals surface area contributed by atoms with Crippen molar-refractivity contribution in [3.05, 3.63) is 58.7 Å². The summed E-state index contributed by atoms with van der Waals surface area (Å²) in [5.41, 5.74) is 3.28. The predicted octanol–water partition coefficient (Wildman–Crippen LogP) is 4.34. The molecule has 6 heteroatoms. The number of carbonyl (C=O) groups is 2. The van der Waals surface area contributed by atoms with E-state index >= 15 is 0 Å². The van der Waals surface area contributed by atoms with Gasteiger partial charge in [0.05, 0.1) is 10.6 Å². The molecule has 0 aliphatic heterocycles. The standard InChI is InChI=1S/C18H16ClN3O2/c1-10-16(17-14(19)7-4-8-15(17)20-10)18(24)22-13-6-3-5-12(9-13)21-11(2)23/h3-9,20H,1-2H3,(H,21,23)(H,22,24). The molecule has 0 saturated heterocycles. The zero-order chi connectivity index (χ0) is 17.3. The van der Waals surface area contributed by atoms with Gasteiger partial charge in [-0.2, -0.15) is 0 Å². The first-order valence-corrected chi connectivity index (χ1v) is 7.79. The molecule has 3 aromatic rings. The van der Waals surface area contributed by atoms with Crippen LogP contribution in [-0.2, 0) is 4.79 Å². The number of amides is 2. The normalized spacial score (nSPS) is 10.6. The molecule has 0 unspecified atom stereocenters. The zero-order valence-corrected chi connectivity index (χ0v) is 14.0. The average Bonchev–Trinajstić information content (AvgIpc) is 2.84. The Kier molecular flexibility index (Phi) is 4.27. The van der Waals surface area contributed by atoms with Crippen molar-refractivity contribution in [1.29, 1.82) is 0 Å². The second-order valence-corrected chi connectivity index (χ2v) is 5.91. The summed E-state index contributed by atoms with van der Waals surface area (Å²) in [5.74, 6) is -0.426. The Morgan fingerprint density at radius 1 is 1.04 bits per heavy atom. The summed E-state index contributed by atoms with van der Waals surface area (Å²) in [4.78, 5) is 27.0. The summed E-state index contributed by atoms with van der Waals surface area (Å²) < 4.78 is 0. The minimum Gasteiger partial charge on any atom is -0.358 e. The molecule has 24 heavy (non-hydrogen) atoms. The summed E-state index contributed by atoms with van der Waals surface area (Å²) in [5, 5.41) is 6.76. The highest BCUT2D eigenvalue weighted by Crippen LogP contribution is 2.30. The van der Waals surface area contributed by atoms with Gasteiger partial charge in [0.25, 0.3) is 5.91 Å². The molecule has 0 aliphatic carbocycles. The summed E-state index contributed by atoms with van der Waals surface area (Å²) in [7, 11) is 0. The van der Waals surface area contributed by atoms with Crippen LogP contribution >= 0.6 is 11.6 Å². The van der Waals surface area contributed by atoms with Crippen molar-refractivity contribution in [2.75, 3.05) is 10.6 Å². The topological polar surface area (TPSA) is 74.0 Å². The molecule has 1 heterocycles. The third kappa shape index (κ3) is 3.12. The number of aromatic amines is 1. The van der Waals surface area contributed by atoms with Gasteiger partial charge >= 0.3 is 0 Å². The SMILES string of the molecule is CC(=O)Nc1cccc(NC(=O)c2c(C)[nH]c3cccc(Cl)c23)c1. The summed E-state index contributed by atoms with van der Waals surface area (Å²) in [6.45, 7) is 3.27. The maximum Gasteiger partial charge on any atom is 0.258 e. The summed E-state index contributed by atoms with van der Waals surface area (Å²) >= 11 is 6.26. The van der Waals surface area contributed by atoms with Gasteiger partial charge in [0.1, 0.15) is 0 Å². The van der Waals surface area contributed by atoms with E-state index in [2.05, 4.69) is 15.6 Å². The van der Waals surface area contributed by atoms with Crippen molar-refractivity contribution >= 4 is 45.7 Å². The lowest BCUT2D eigenvalue weighted by Gasteiger charge is -2.08. The Hall–Kier alpha value is -2.79. The highest BCUT2D eigenvalue weighted by Gasteiger charge is 2.18. The largest absolute Gasteiger partial charge is 0.358 e. The molecular formula is C18H16ClN3O2. The number of nitrogens with one attached hydrogen (secondary N) is 3. The maximum absolute atomic E-state index is 12.7. The van der Waals surface area contributed by atoms with Crippen molar-refractivity contribution in [2.24, 2.45) is 0 Å². The van der Waals surface area contributed by atoms with E-state index < -0.39 is 0 Å². The van der Waals surface area contributed by atoms with E-state index in [9.17, 15) is 9.59 Å². The maximum atomic E-state index is 12.7. The van der Waals surface area contributed by atoms with Crippen LogP contribution < -0.4 is 10.6 Å². The monoisotopic (exact) mass is 341 g/mol. The number of fused-ring (bicyclic) bond motifs is 1. The smallest absolute Gasteiger partial charge is 0.258 e. The fourth-order valence-electron chi connectivity index (χ4n) is 2.69. The number of anilines is 2. The van der Waals surface area contributed by atoms with Gasteiger partial charge in [-0.1, -0.05) is 23.7 Å². The summed E-state index contributed by atoms with van der Waals surface area (Å²) in [6, 6.07) is 12.4. The van der Waals surface area contributed by atoms with Crippen LogP contribution in [0, 0.1) is 6.92 Å². The van der Waals surface area contributed by atoms with E-state index in [-0.39, 0.29) is 11.8 Å². The molecule has 0 spiro atoms. The average molecular weight is 342 g/mol. The number of halogens is 1. The van der Waals surface area contributed by atoms with Gasteiger partial charge in [0.15, 0.2) is 0 Å². The molecule has 0 radical (unpaired) electrons. The van der Waals surface area contributed by atoms with Crippen molar-refractivity contribution in [3.8, 4) is 0 Å². The lowest BCUT2D eigenvalue weighted by Crippen LogP contribution is -2.13. The van der Waals surface area contributed by atoms with Gasteiger partial charge in [0, 0.05) is 34.9 Å². The molecule has 2 aromatic carbocycles. The van der Waals surface area contributed by atoms with Gasteiger partial charge < -0.3 is 15.6 Å². The van der Waals surface area contributed by atoms with Crippen LogP contribution in [0.5, 0.6) is 0 Å². The van der Waals surface area contributed by atoms with Crippen LogP contribution in [0.1, 0.15) is 23.0 Å². The minimum absolute atomic E-state index is 0.169. The fraction of sp³-hybridized carbons (Fsp3) is 0.111. The number of aryl methyl sites for hydroxylation is 1. The van der Waals surface area contributed by atoms with Crippen LogP contribution in [-0.4, -0.2) is 16.8 Å². The number of aromatic nitrogens is 1. The highest BCUT2D eigenvalue weighted by atomic mass is 35.5. The zero-order valence-electron chi connectivity index (χ0n) is 13.2. The number of H-pyrrole nitrogens is 1. The van der Waals surface area contributed by atoms with Gasteiger partial charge in [-0.25, -0.2) is 0 Å². The van der Waals surface area contributed by atoms with Crippen LogP contribution in [0.15, 0.2) is 42.5 Å². The van der Waals surface area contributed by atoms with Crippen LogP contribution in [0.25, 0.3) is 10.9 Å². The molecule has 3 rings (SSSR count). The first-order valence-electron chi connectivity index (χ1n) is 7.41. The predicted molar refractivity (Wildman–Crippen MR) is 96.7 cm³/mol. The quantitative estimate of drug-likeness (QED) is 0.663. The third-order valence-corrected chi connectivity index (χ3v) is 3.94. The minimum atomic E-state index is -0.258. The molecule has 0 fully saturated rings. The van der Waals surface area contributed by atoms with Crippen molar-refractivity contribution in [3.63, 3.8) is 0 Å². The number of hydrogen-bond donors (Lipinski definition) is 3. The lowest BCUT2D eigenvalue weighted by atomic mass is 10.1. The summed E-state index contributed by atoms with van der Waals surface area (Å²) in [6.07, 6.45) is 0. The van der Waals surface area contributed by atoms with Crippen LogP contribution in [0.3, 0.4) is 0 Å². The van der Waals surface area contributed by atoms with Crippen molar-refractivity contribution < 1.29 is 9.59 Å². The van der Waals surface area contributed by atoms with Crippen LogP contribution in [0.2, 0.25) is 5.02 Å². The molecule has 0 aliphatic rings. The molecule has 0 atom stereocenters. The van der Waals surface area contributed by atoms with Gasteiger partial charge in [-0.15, -0.1) is 0 Å². The van der Waals surface area contributed by atoms with Gasteiger partial charge in [0.2, 0.25) is 5.91 Å². The molecular weight excluding hydrogens is 326 g/mol. The molecule has 0 saturated carbocycles. The molecule has 0 bridgehead atoms. The number of carbonyl (C=O) groups excluding carboxylic acids is 2. The van der Waals surface area contributed by atoms with E-state index in [1.165, 1.54) is 6.92 Å². The van der Waals surface area contributed by atoms with E-state index in [0.717, 1.165) is 11.2 Å². The first-order chi connectivity index (χ1) is 11.5. The van der Waals surface area contributed by atoms with E-state index in [4.69, 9.17) is 11.6 Å². The second-order valence-electron chi connectivity index (χ2n) is 5.50. The van der Waals surface area contributed by atoms with Crippen LogP contribution in [0.4, 0.5) is 11.4 Å². The highest BCUT2D eigenvalue weighted by molar-refractivity contribution is 6.37. The molecule has 2 amide bonds. The molecule has 3 N–H and O–H groups in total. The van der Waals surface area contributed by atoms with E-state index in [0.29, 0.717) is 27.3 Å². The second kappa shape index (κ2) is 6.37. The Balaban J connectivity index is 1.94. The third-order valence-electron chi connectivity index (χ3n) is 3.63. The van der Waals surface area contributed by atoms with Gasteiger partial charge in [-0.3, -0.25) is 9.59 Å². The first kappa shape index (κ1) is 16.1. The number of hydrogen-bond acceptors (Lipinski definition) is 2. The van der Waals surface area contributed by atoms with Crippen molar-refractivity contribution in [2.45, 2.75) is 13.8 Å². The Bertz CT molecular complexity index is 947. The lowest BCUT2D eigenvalue weighted by molar-refractivity contribution is -0.114. The van der Waals surface area contributed by atoms with Gasteiger partial charge in [-0.05, 0) is 37.3 Å². The van der Waals surface area contributed by atoms with E-state index in [1.54, 1.807) is 30.3 Å². The Labute approximate surface area is 144 Å². The Morgan fingerprint density at radius 3 is 2.42 bits per heavy atom. The number of benzene rings is 2. The van der Waals surface area contributed by atoms with E-state index in [1.807, 2.05) is 19.1 Å².